The molecule has 1 amide bonds. The molecule has 2 N–H and O–H groups in total. The number of nitrogens with zero attached hydrogens (tertiary/aromatic N) is 2. The fourth-order valence-electron chi connectivity index (χ4n) is 2.85. The maximum atomic E-state index is 12.2. The van der Waals surface area contributed by atoms with Crippen LogP contribution in [-0.2, 0) is 21.2 Å². The van der Waals surface area contributed by atoms with Gasteiger partial charge in [-0.2, -0.15) is 4.98 Å². The lowest BCUT2D eigenvalue weighted by Gasteiger charge is -2.11. The van der Waals surface area contributed by atoms with Crippen molar-refractivity contribution in [3.63, 3.8) is 0 Å². The summed E-state index contributed by atoms with van der Waals surface area (Å²) in [7, 11) is -1.80. The zero-order chi connectivity index (χ0) is 22.4. The average Bonchev–Trinajstić information content (AvgIpc) is 3.18. The second-order valence-electron chi connectivity index (χ2n) is 7.05. The molecule has 0 saturated heterocycles. The lowest BCUT2D eigenvalue weighted by molar-refractivity contribution is -0.116. The van der Waals surface area contributed by atoms with E-state index in [2.05, 4.69) is 20.2 Å². The molecule has 2 aromatic carbocycles. The lowest BCUT2D eigenvalue weighted by atomic mass is 10.1. The predicted octanol–water partition coefficient (Wildman–Crippen LogP) is 3.39. The third kappa shape index (κ3) is 6.54. The van der Waals surface area contributed by atoms with E-state index in [1.807, 2.05) is 24.3 Å². The summed E-state index contributed by atoms with van der Waals surface area (Å²) in [5.74, 6) is 1.48. The number of aromatic nitrogens is 2. The molecule has 0 aliphatic heterocycles. The van der Waals surface area contributed by atoms with E-state index in [1.54, 1.807) is 32.2 Å². The van der Waals surface area contributed by atoms with Crippen LogP contribution in [0.4, 0.5) is 11.4 Å². The lowest BCUT2D eigenvalue weighted by Crippen LogP contribution is -2.13. The normalized spacial score (nSPS) is 11.2. The van der Waals surface area contributed by atoms with Crippen LogP contribution in [0, 0.1) is 6.92 Å². The van der Waals surface area contributed by atoms with Gasteiger partial charge in [-0.05, 0) is 55.3 Å². The van der Waals surface area contributed by atoms with Gasteiger partial charge in [0.1, 0.15) is 5.75 Å². The summed E-state index contributed by atoms with van der Waals surface area (Å²) in [6.45, 7) is 1.78. The Kier molecular flexibility index (Phi) is 6.91. The van der Waals surface area contributed by atoms with Gasteiger partial charge in [-0.25, -0.2) is 8.42 Å². The van der Waals surface area contributed by atoms with Crippen LogP contribution in [-0.4, -0.2) is 37.8 Å². The number of sulfonamides is 1. The van der Waals surface area contributed by atoms with Gasteiger partial charge in [0.05, 0.1) is 19.1 Å². The number of hydrogen-bond donors (Lipinski definition) is 2. The topological polar surface area (TPSA) is 123 Å². The van der Waals surface area contributed by atoms with Crippen molar-refractivity contribution in [3.05, 3.63) is 53.9 Å². The summed E-state index contributed by atoms with van der Waals surface area (Å²) >= 11 is 0. The van der Waals surface area contributed by atoms with Gasteiger partial charge in [0.2, 0.25) is 27.6 Å². The fraction of sp³-hybridized carbons (Fsp3) is 0.286. The van der Waals surface area contributed by atoms with Crippen LogP contribution >= 0.6 is 0 Å². The smallest absolute Gasteiger partial charge is 0.229 e. The highest BCUT2D eigenvalue weighted by atomic mass is 32.2. The Morgan fingerprint density at radius 1 is 1.16 bits per heavy atom. The zero-order valence-corrected chi connectivity index (χ0v) is 18.3. The quantitative estimate of drug-likeness (QED) is 0.518. The average molecular weight is 445 g/mol. The van der Waals surface area contributed by atoms with E-state index in [-0.39, 0.29) is 12.3 Å². The number of anilines is 2. The molecule has 0 aliphatic rings. The molecule has 3 aromatic rings. The summed E-state index contributed by atoms with van der Waals surface area (Å²) in [6.07, 6.45) is 2.32. The summed E-state index contributed by atoms with van der Waals surface area (Å²) < 4.78 is 35.7. The molecule has 0 bridgehead atoms. The Morgan fingerprint density at radius 2 is 1.90 bits per heavy atom. The minimum absolute atomic E-state index is 0.191. The fourth-order valence-corrected chi connectivity index (χ4v) is 3.47. The van der Waals surface area contributed by atoms with Crippen molar-refractivity contribution in [3.8, 4) is 17.1 Å². The Morgan fingerprint density at radius 3 is 2.58 bits per heavy atom. The van der Waals surface area contributed by atoms with Crippen LogP contribution in [0.3, 0.4) is 0 Å². The van der Waals surface area contributed by atoms with Crippen LogP contribution in [0.25, 0.3) is 11.4 Å². The Hall–Kier alpha value is -3.40. The van der Waals surface area contributed by atoms with Crippen LogP contribution in [0.5, 0.6) is 5.75 Å². The summed E-state index contributed by atoms with van der Waals surface area (Å²) in [4.78, 5) is 16.6. The van der Waals surface area contributed by atoms with Crippen molar-refractivity contribution in [2.45, 2.75) is 26.2 Å². The molecule has 1 aromatic heterocycles. The van der Waals surface area contributed by atoms with E-state index in [4.69, 9.17) is 9.26 Å². The van der Waals surface area contributed by atoms with Crippen molar-refractivity contribution >= 4 is 27.3 Å². The standard InChI is InChI=1S/C21H24N4O5S/c1-14-7-10-16(13-18(14)25-31(3,27)28)22-19(26)5-4-6-20-23-21(24-30-20)15-8-11-17(29-2)12-9-15/h7-13,25H,4-6H2,1-3H3,(H,22,26). The number of amides is 1. The number of carbonyl (C=O) groups excluding carboxylic acids is 1. The zero-order valence-electron chi connectivity index (χ0n) is 17.5. The molecule has 0 aliphatic carbocycles. The molecule has 0 atom stereocenters. The molecule has 3 rings (SSSR count). The maximum absolute atomic E-state index is 12.2. The van der Waals surface area contributed by atoms with Crippen LogP contribution in [0.1, 0.15) is 24.3 Å². The maximum Gasteiger partial charge on any atom is 0.229 e. The molecule has 0 radical (unpaired) electrons. The molecule has 10 heteroatoms. The molecule has 0 fully saturated rings. The van der Waals surface area contributed by atoms with E-state index in [0.717, 1.165) is 23.1 Å². The number of aryl methyl sites for hydroxylation is 2. The van der Waals surface area contributed by atoms with E-state index >= 15 is 0 Å². The Labute approximate surface area is 180 Å². The van der Waals surface area contributed by atoms with Gasteiger partial charge in [0, 0.05) is 24.1 Å². The number of benzene rings is 2. The molecular formula is C21H24N4O5S. The third-order valence-corrected chi connectivity index (χ3v) is 5.02. The minimum Gasteiger partial charge on any atom is -0.497 e. The predicted molar refractivity (Wildman–Crippen MR) is 117 cm³/mol. The van der Waals surface area contributed by atoms with Crippen LogP contribution in [0.2, 0.25) is 0 Å². The molecule has 31 heavy (non-hydrogen) atoms. The van der Waals surface area contributed by atoms with E-state index in [1.165, 1.54) is 0 Å². The minimum atomic E-state index is -3.40. The monoisotopic (exact) mass is 444 g/mol. The van der Waals surface area contributed by atoms with Crippen molar-refractivity contribution in [2.75, 3.05) is 23.4 Å². The summed E-state index contributed by atoms with van der Waals surface area (Å²) in [5.41, 5.74) is 2.51. The number of hydrogen-bond acceptors (Lipinski definition) is 7. The van der Waals surface area contributed by atoms with Crippen molar-refractivity contribution in [1.82, 2.24) is 10.1 Å². The molecule has 164 valence electrons. The Balaban J connectivity index is 1.51. The van der Waals surface area contributed by atoms with Gasteiger partial charge in [-0.15, -0.1) is 0 Å². The first kappa shape index (κ1) is 22.3. The summed E-state index contributed by atoms with van der Waals surface area (Å²) in [6, 6.07) is 12.4. The second-order valence-corrected chi connectivity index (χ2v) is 8.79. The van der Waals surface area contributed by atoms with E-state index in [0.29, 0.717) is 35.9 Å². The SMILES string of the molecule is COc1ccc(-c2noc(CCCC(=O)Nc3ccc(C)c(NS(C)(=O)=O)c3)n2)cc1. The number of methoxy groups -OCH3 is 1. The largest absolute Gasteiger partial charge is 0.497 e. The van der Waals surface area contributed by atoms with Gasteiger partial charge in [-0.1, -0.05) is 11.2 Å². The molecule has 0 unspecified atom stereocenters. The molecular weight excluding hydrogens is 420 g/mol. The highest BCUT2D eigenvalue weighted by molar-refractivity contribution is 7.92. The van der Waals surface area contributed by atoms with Gasteiger partial charge >= 0.3 is 0 Å². The van der Waals surface area contributed by atoms with Gasteiger partial charge in [-0.3, -0.25) is 9.52 Å². The molecule has 9 nitrogen and oxygen atoms in total. The van der Waals surface area contributed by atoms with Crippen molar-refractivity contribution < 1.29 is 22.5 Å². The first-order valence-electron chi connectivity index (χ1n) is 9.59. The molecule has 0 spiro atoms. The highest BCUT2D eigenvalue weighted by Crippen LogP contribution is 2.22. The second kappa shape index (κ2) is 9.61. The van der Waals surface area contributed by atoms with E-state index in [9.17, 15) is 13.2 Å². The van der Waals surface area contributed by atoms with Crippen molar-refractivity contribution in [1.29, 1.82) is 0 Å². The highest BCUT2D eigenvalue weighted by Gasteiger charge is 2.11. The summed E-state index contributed by atoms with van der Waals surface area (Å²) in [5, 5.41) is 6.74. The Bertz CT molecular complexity index is 1160. The number of ether oxygens (including phenoxy) is 1. The molecule has 1 heterocycles. The number of rotatable bonds is 9. The van der Waals surface area contributed by atoms with Gasteiger partial charge in [0.25, 0.3) is 0 Å². The third-order valence-electron chi connectivity index (χ3n) is 4.43. The van der Waals surface area contributed by atoms with Gasteiger partial charge in [0.15, 0.2) is 0 Å². The van der Waals surface area contributed by atoms with Crippen molar-refractivity contribution in [2.24, 2.45) is 0 Å². The number of nitrogens with one attached hydrogen (secondary N) is 2. The first-order chi connectivity index (χ1) is 14.7. The van der Waals surface area contributed by atoms with Gasteiger partial charge < -0.3 is 14.6 Å². The van der Waals surface area contributed by atoms with Crippen LogP contribution < -0.4 is 14.8 Å². The van der Waals surface area contributed by atoms with Crippen LogP contribution in [0.15, 0.2) is 47.0 Å². The van der Waals surface area contributed by atoms with E-state index < -0.39 is 10.0 Å². The molecule has 0 saturated carbocycles. The number of carbonyl (C=O) groups is 1. The first-order valence-corrected chi connectivity index (χ1v) is 11.5.